The predicted octanol–water partition coefficient (Wildman–Crippen LogP) is 2.16. The molecule has 6 nitrogen and oxygen atoms in total. The number of carbonyl (C=O) groups is 1. The number of likely N-dealkylation sites (tertiary alicyclic amines) is 1. The second kappa shape index (κ2) is 6.41. The fourth-order valence-corrected chi connectivity index (χ4v) is 3.60. The van der Waals surface area contributed by atoms with E-state index in [9.17, 15) is 13.6 Å². The van der Waals surface area contributed by atoms with Gasteiger partial charge in [0.15, 0.2) is 0 Å². The van der Waals surface area contributed by atoms with Gasteiger partial charge in [-0.05, 0) is 25.2 Å². The maximum Gasteiger partial charge on any atom is 0.260 e. The number of aromatic nitrogens is 3. The summed E-state index contributed by atoms with van der Waals surface area (Å²) in [6.45, 7) is 5.16. The van der Waals surface area contributed by atoms with Crippen LogP contribution in [0.5, 0.6) is 0 Å². The number of nitrogens with zero attached hydrogens (tertiary/aromatic N) is 4. The van der Waals surface area contributed by atoms with Crippen molar-refractivity contribution in [3.8, 4) is 0 Å². The smallest absolute Gasteiger partial charge is 0.260 e. The van der Waals surface area contributed by atoms with Crippen molar-refractivity contribution in [2.45, 2.75) is 51.6 Å². The number of amides is 1. The number of alkyl halides is 2. The Labute approximate surface area is 134 Å². The number of piperidine rings is 1. The molecule has 3 rings (SSSR count). The first-order valence-electron chi connectivity index (χ1n) is 8.20. The van der Waals surface area contributed by atoms with Gasteiger partial charge in [0.05, 0.1) is 0 Å². The van der Waals surface area contributed by atoms with Crippen LogP contribution in [0.4, 0.5) is 14.7 Å². The molecule has 128 valence electrons. The highest BCUT2D eigenvalue weighted by molar-refractivity contribution is 5.78. The minimum Gasteiger partial charge on any atom is -0.351 e. The minimum atomic E-state index is -2.47. The Hall–Kier alpha value is -1.73. The van der Waals surface area contributed by atoms with Gasteiger partial charge < -0.3 is 10.2 Å². The summed E-state index contributed by atoms with van der Waals surface area (Å²) in [5, 5.41) is 7.14. The molecule has 0 saturated carbocycles. The molecule has 2 aliphatic heterocycles. The van der Waals surface area contributed by atoms with Gasteiger partial charge in [0.25, 0.3) is 6.43 Å². The van der Waals surface area contributed by atoms with Crippen molar-refractivity contribution < 1.29 is 13.6 Å². The molecule has 0 radical (unpaired) electrons. The first kappa shape index (κ1) is 16.1. The molecule has 23 heavy (non-hydrogen) atoms. The van der Waals surface area contributed by atoms with Crippen molar-refractivity contribution in [1.29, 1.82) is 0 Å². The Bertz CT molecular complexity index is 562. The van der Waals surface area contributed by atoms with Crippen LogP contribution in [-0.2, 0) is 4.79 Å². The van der Waals surface area contributed by atoms with E-state index in [4.69, 9.17) is 0 Å². The standard InChI is InChI=1S/C15H23F2N5O/c1-9(2)14(23)21-5-3-4-10(7-21)11-6-12(13(16)17)22-15(20-11)18-8-19-22/h8-13H,3-7H2,1-2H3,(H,18,19,20)/t10-,11+,12-/m1/s1. The minimum absolute atomic E-state index is 0.0371. The van der Waals surface area contributed by atoms with Crippen molar-refractivity contribution >= 4 is 11.9 Å². The lowest BCUT2D eigenvalue weighted by Gasteiger charge is -2.41. The molecule has 0 spiro atoms. The van der Waals surface area contributed by atoms with Gasteiger partial charge in [-0.3, -0.25) is 4.79 Å². The molecule has 0 unspecified atom stereocenters. The third-order valence-electron chi connectivity index (χ3n) is 4.82. The average Bonchev–Trinajstić information content (AvgIpc) is 3.01. The maximum atomic E-state index is 13.3. The number of hydrogen-bond donors (Lipinski definition) is 1. The molecule has 1 fully saturated rings. The predicted molar refractivity (Wildman–Crippen MR) is 81.2 cm³/mol. The zero-order chi connectivity index (χ0) is 16.6. The third-order valence-corrected chi connectivity index (χ3v) is 4.82. The molecule has 1 aromatic rings. The van der Waals surface area contributed by atoms with Crippen LogP contribution in [0.15, 0.2) is 6.33 Å². The van der Waals surface area contributed by atoms with Gasteiger partial charge in [-0.25, -0.2) is 13.5 Å². The van der Waals surface area contributed by atoms with E-state index in [1.165, 1.54) is 11.0 Å². The summed E-state index contributed by atoms with van der Waals surface area (Å²) < 4.78 is 28.0. The van der Waals surface area contributed by atoms with Crippen LogP contribution in [-0.4, -0.2) is 51.1 Å². The van der Waals surface area contributed by atoms with Gasteiger partial charge in [-0.2, -0.15) is 10.1 Å². The summed E-state index contributed by atoms with van der Waals surface area (Å²) in [5.74, 6) is 0.668. The van der Waals surface area contributed by atoms with E-state index >= 15 is 0 Å². The van der Waals surface area contributed by atoms with Crippen molar-refractivity contribution in [2.24, 2.45) is 11.8 Å². The summed E-state index contributed by atoms with van der Waals surface area (Å²) in [7, 11) is 0. The highest BCUT2D eigenvalue weighted by atomic mass is 19.3. The molecule has 0 bridgehead atoms. The second-order valence-electron chi connectivity index (χ2n) is 6.76. The topological polar surface area (TPSA) is 63.1 Å². The summed E-state index contributed by atoms with van der Waals surface area (Å²) in [6.07, 6.45) is 0.978. The first-order valence-corrected chi connectivity index (χ1v) is 8.20. The van der Waals surface area contributed by atoms with Crippen LogP contribution in [0.25, 0.3) is 0 Å². The van der Waals surface area contributed by atoms with E-state index in [0.29, 0.717) is 18.9 Å². The van der Waals surface area contributed by atoms with Gasteiger partial charge in [0.2, 0.25) is 11.9 Å². The van der Waals surface area contributed by atoms with Crippen LogP contribution in [0.2, 0.25) is 0 Å². The van der Waals surface area contributed by atoms with Crippen molar-refractivity contribution in [3.05, 3.63) is 6.33 Å². The summed E-state index contributed by atoms with van der Waals surface area (Å²) in [5.41, 5.74) is 0. The van der Waals surface area contributed by atoms with Crippen LogP contribution in [0.3, 0.4) is 0 Å². The van der Waals surface area contributed by atoms with Gasteiger partial charge in [-0.1, -0.05) is 13.8 Å². The van der Waals surface area contributed by atoms with Crippen LogP contribution in [0.1, 0.15) is 39.2 Å². The molecular weight excluding hydrogens is 304 g/mol. The highest BCUT2D eigenvalue weighted by Gasteiger charge is 2.39. The molecule has 0 aliphatic carbocycles. The zero-order valence-corrected chi connectivity index (χ0v) is 13.5. The van der Waals surface area contributed by atoms with Gasteiger partial charge in [0, 0.05) is 25.0 Å². The van der Waals surface area contributed by atoms with Crippen LogP contribution in [0, 0.1) is 11.8 Å². The van der Waals surface area contributed by atoms with Crippen LogP contribution < -0.4 is 5.32 Å². The molecular formula is C15H23F2N5O. The molecule has 1 amide bonds. The van der Waals surface area contributed by atoms with Crippen molar-refractivity contribution in [1.82, 2.24) is 19.7 Å². The number of hydrogen-bond acceptors (Lipinski definition) is 4. The lowest BCUT2D eigenvalue weighted by molar-refractivity contribution is -0.136. The Morgan fingerprint density at radius 1 is 1.43 bits per heavy atom. The molecule has 1 N–H and O–H groups in total. The second-order valence-corrected chi connectivity index (χ2v) is 6.76. The molecule has 1 saturated heterocycles. The molecule has 3 heterocycles. The molecule has 8 heteroatoms. The highest BCUT2D eigenvalue weighted by Crippen LogP contribution is 2.35. The summed E-state index contributed by atoms with van der Waals surface area (Å²) >= 11 is 0. The molecule has 2 aliphatic rings. The lowest BCUT2D eigenvalue weighted by atomic mass is 9.86. The Morgan fingerprint density at radius 2 is 2.22 bits per heavy atom. The number of carbonyl (C=O) groups excluding carboxylic acids is 1. The van der Waals surface area contributed by atoms with Crippen molar-refractivity contribution in [2.75, 3.05) is 18.4 Å². The lowest BCUT2D eigenvalue weighted by Crippen LogP contribution is -2.49. The number of nitrogens with one attached hydrogen (secondary N) is 1. The van der Waals surface area contributed by atoms with E-state index in [1.54, 1.807) is 0 Å². The van der Waals surface area contributed by atoms with E-state index in [-0.39, 0.29) is 23.8 Å². The van der Waals surface area contributed by atoms with Crippen LogP contribution >= 0.6 is 0 Å². The number of halogens is 2. The third kappa shape index (κ3) is 3.16. The fourth-order valence-electron chi connectivity index (χ4n) is 3.60. The molecule has 3 atom stereocenters. The van der Waals surface area contributed by atoms with E-state index in [0.717, 1.165) is 19.4 Å². The number of rotatable bonds is 3. The van der Waals surface area contributed by atoms with E-state index in [1.807, 2.05) is 18.7 Å². The number of fused-ring (bicyclic) bond motifs is 1. The first-order chi connectivity index (χ1) is 11.0. The Kier molecular flexibility index (Phi) is 4.50. The maximum absolute atomic E-state index is 13.3. The SMILES string of the molecule is CC(C)C(=O)N1CCC[C@@H]([C@@H]2C[C@H](C(F)F)n3ncnc3N2)C1. The largest absolute Gasteiger partial charge is 0.351 e. The number of anilines is 1. The zero-order valence-electron chi connectivity index (χ0n) is 13.5. The molecule has 1 aromatic heterocycles. The Balaban J connectivity index is 1.73. The van der Waals surface area contributed by atoms with Gasteiger partial charge in [-0.15, -0.1) is 0 Å². The van der Waals surface area contributed by atoms with E-state index < -0.39 is 12.5 Å². The summed E-state index contributed by atoms with van der Waals surface area (Å²) in [4.78, 5) is 18.1. The normalized spacial score (nSPS) is 27.9. The Morgan fingerprint density at radius 3 is 2.91 bits per heavy atom. The molecule has 0 aromatic carbocycles. The monoisotopic (exact) mass is 327 g/mol. The fraction of sp³-hybridized carbons (Fsp3) is 0.800. The van der Waals surface area contributed by atoms with Crippen molar-refractivity contribution in [3.63, 3.8) is 0 Å². The van der Waals surface area contributed by atoms with E-state index in [2.05, 4.69) is 15.4 Å². The van der Waals surface area contributed by atoms with Gasteiger partial charge >= 0.3 is 0 Å². The summed E-state index contributed by atoms with van der Waals surface area (Å²) in [6, 6.07) is -1.05. The van der Waals surface area contributed by atoms with Gasteiger partial charge in [0.1, 0.15) is 12.4 Å². The quantitative estimate of drug-likeness (QED) is 0.924. The average molecular weight is 327 g/mol.